The van der Waals surface area contributed by atoms with Crippen LogP contribution in [0.5, 0.6) is 0 Å². The van der Waals surface area contributed by atoms with Gasteiger partial charge in [0.1, 0.15) is 11.5 Å². The fourth-order valence-electron chi connectivity index (χ4n) is 3.54. The average Bonchev–Trinajstić information content (AvgIpc) is 2.85. The van der Waals surface area contributed by atoms with Crippen LogP contribution in [0.2, 0.25) is 0 Å². The monoisotopic (exact) mass is 298 g/mol. The minimum absolute atomic E-state index is 0.0308. The van der Waals surface area contributed by atoms with E-state index in [1.807, 2.05) is 41.9 Å². The van der Waals surface area contributed by atoms with Crippen LogP contribution in [0.4, 0.5) is 0 Å². The molecule has 0 bridgehead atoms. The topological polar surface area (TPSA) is 51.1 Å². The lowest BCUT2D eigenvalue weighted by atomic mass is 9.82. The Morgan fingerprint density at radius 2 is 1.91 bits per heavy atom. The lowest BCUT2D eigenvalue weighted by Crippen LogP contribution is -2.45. The summed E-state index contributed by atoms with van der Waals surface area (Å²) in [6, 6.07) is 9.83. The van der Waals surface area contributed by atoms with Crippen molar-refractivity contribution in [1.29, 1.82) is 0 Å². The molecule has 0 aliphatic heterocycles. The third-order valence-electron chi connectivity index (χ3n) is 4.79. The maximum Gasteiger partial charge on any atom is 0.268 e. The fourth-order valence-corrected chi connectivity index (χ4v) is 3.54. The average molecular weight is 298 g/mol. The molecule has 1 aliphatic carbocycles. The van der Waals surface area contributed by atoms with Gasteiger partial charge in [0.05, 0.1) is 0 Å². The number of carbonyl (C=O) groups excluding carboxylic acids is 2. The lowest BCUT2D eigenvalue weighted by Gasteiger charge is -2.30. The Balaban J connectivity index is 1.83. The van der Waals surface area contributed by atoms with Gasteiger partial charge in [0, 0.05) is 29.9 Å². The van der Waals surface area contributed by atoms with Gasteiger partial charge in [0.15, 0.2) is 0 Å². The van der Waals surface area contributed by atoms with Crippen LogP contribution in [0.3, 0.4) is 0 Å². The highest BCUT2D eigenvalue weighted by atomic mass is 16.2. The first-order valence-electron chi connectivity index (χ1n) is 7.93. The summed E-state index contributed by atoms with van der Waals surface area (Å²) in [6.45, 7) is 1.63. The Morgan fingerprint density at radius 3 is 2.64 bits per heavy atom. The van der Waals surface area contributed by atoms with Gasteiger partial charge in [-0.1, -0.05) is 31.0 Å². The van der Waals surface area contributed by atoms with E-state index in [2.05, 4.69) is 5.32 Å². The third-order valence-corrected chi connectivity index (χ3v) is 4.79. The van der Waals surface area contributed by atoms with Crippen molar-refractivity contribution in [2.24, 2.45) is 13.0 Å². The predicted octanol–water partition coefficient (Wildman–Crippen LogP) is 3.06. The Kier molecular flexibility index (Phi) is 4.01. The van der Waals surface area contributed by atoms with Crippen molar-refractivity contribution in [3.63, 3.8) is 0 Å². The van der Waals surface area contributed by atoms with Crippen LogP contribution in [-0.2, 0) is 11.8 Å². The molecule has 2 aromatic rings. The number of amides is 1. The second-order valence-corrected chi connectivity index (χ2v) is 6.23. The van der Waals surface area contributed by atoms with Crippen molar-refractivity contribution < 1.29 is 9.59 Å². The van der Waals surface area contributed by atoms with Crippen molar-refractivity contribution in [3.8, 4) is 0 Å². The number of carbonyl (C=O) groups is 2. The van der Waals surface area contributed by atoms with E-state index in [1.54, 1.807) is 6.92 Å². The maximum atomic E-state index is 12.6. The number of fused-ring (bicyclic) bond motifs is 1. The number of hydrogen-bond acceptors (Lipinski definition) is 2. The van der Waals surface area contributed by atoms with Crippen molar-refractivity contribution in [2.45, 2.75) is 38.6 Å². The van der Waals surface area contributed by atoms with E-state index in [1.165, 1.54) is 0 Å². The van der Waals surface area contributed by atoms with Gasteiger partial charge in [0.25, 0.3) is 5.91 Å². The molecule has 1 N–H and O–H groups in total. The maximum absolute atomic E-state index is 12.6. The predicted molar refractivity (Wildman–Crippen MR) is 86.8 cm³/mol. The number of nitrogens with one attached hydrogen (secondary N) is 1. The minimum atomic E-state index is -0.0862. The molecule has 3 rings (SSSR count). The number of aryl methyl sites for hydroxylation is 1. The molecule has 4 heteroatoms. The van der Waals surface area contributed by atoms with E-state index in [-0.39, 0.29) is 23.7 Å². The van der Waals surface area contributed by atoms with Gasteiger partial charge < -0.3 is 9.88 Å². The smallest absolute Gasteiger partial charge is 0.268 e. The van der Waals surface area contributed by atoms with Crippen LogP contribution >= 0.6 is 0 Å². The number of para-hydroxylation sites is 1. The van der Waals surface area contributed by atoms with Crippen LogP contribution in [0.15, 0.2) is 30.3 Å². The van der Waals surface area contributed by atoms with Gasteiger partial charge in [0.2, 0.25) is 0 Å². The summed E-state index contributed by atoms with van der Waals surface area (Å²) in [5.74, 6) is 0.0614. The van der Waals surface area contributed by atoms with E-state index in [4.69, 9.17) is 0 Å². The summed E-state index contributed by atoms with van der Waals surface area (Å²) in [7, 11) is 1.90. The molecule has 1 saturated carbocycles. The summed E-state index contributed by atoms with van der Waals surface area (Å²) < 4.78 is 1.91. The zero-order valence-corrected chi connectivity index (χ0v) is 13.1. The highest BCUT2D eigenvalue weighted by molar-refractivity contribution is 5.99. The van der Waals surface area contributed by atoms with Crippen molar-refractivity contribution in [1.82, 2.24) is 9.88 Å². The second kappa shape index (κ2) is 5.95. The Hall–Kier alpha value is -2.10. The van der Waals surface area contributed by atoms with Gasteiger partial charge in [-0.25, -0.2) is 0 Å². The molecule has 0 saturated heterocycles. The van der Waals surface area contributed by atoms with Crippen molar-refractivity contribution >= 4 is 22.6 Å². The van der Waals surface area contributed by atoms with Gasteiger partial charge in [-0.05, 0) is 31.9 Å². The van der Waals surface area contributed by atoms with E-state index in [0.29, 0.717) is 5.69 Å². The Labute approximate surface area is 130 Å². The SMILES string of the molecule is CC(=O)[C@@H]1CCCC[C@@H]1NC(=O)c1cc2ccccc2n1C. The number of rotatable bonds is 3. The number of nitrogens with zero attached hydrogens (tertiary/aromatic N) is 1. The van der Waals surface area contributed by atoms with Crippen molar-refractivity contribution in [2.75, 3.05) is 0 Å². The summed E-state index contributed by atoms with van der Waals surface area (Å²) in [5, 5.41) is 4.15. The molecule has 1 fully saturated rings. The summed E-state index contributed by atoms with van der Waals surface area (Å²) in [4.78, 5) is 24.4. The second-order valence-electron chi connectivity index (χ2n) is 6.23. The lowest BCUT2D eigenvalue weighted by molar-refractivity contribution is -0.122. The number of hydrogen-bond donors (Lipinski definition) is 1. The van der Waals surface area contributed by atoms with Gasteiger partial charge in [-0.3, -0.25) is 9.59 Å². The van der Waals surface area contributed by atoms with E-state index >= 15 is 0 Å². The summed E-state index contributed by atoms with van der Waals surface area (Å²) in [6.07, 6.45) is 3.92. The third kappa shape index (κ3) is 2.65. The molecule has 2 atom stereocenters. The first-order valence-corrected chi connectivity index (χ1v) is 7.93. The molecule has 0 unspecified atom stereocenters. The molecule has 0 spiro atoms. The van der Waals surface area contributed by atoms with E-state index in [9.17, 15) is 9.59 Å². The van der Waals surface area contributed by atoms with Crippen LogP contribution in [0, 0.1) is 5.92 Å². The van der Waals surface area contributed by atoms with Crippen molar-refractivity contribution in [3.05, 3.63) is 36.0 Å². The molecule has 1 amide bonds. The largest absolute Gasteiger partial charge is 0.347 e. The van der Waals surface area contributed by atoms with E-state index in [0.717, 1.165) is 36.6 Å². The Morgan fingerprint density at radius 1 is 1.18 bits per heavy atom. The molecule has 1 heterocycles. The fraction of sp³-hybridized carbons (Fsp3) is 0.444. The van der Waals surface area contributed by atoms with E-state index < -0.39 is 0 Å². The summed E-state index contributed by atoms with van der Waals surface area (Å²) >= 11 is 0. The normalized spacial score (nSPS) is 21.7. The molecular formula is C18H22N2O2. The van der Waals surface area contributed by atoms with Crippen LogP contribution in [0.25, 0.3) is 10.9 Å². The minimum Gasteiger partial charge on any atom is -0.347 e. The quantitative estimate of drug-likeness (QED) is 0.947. The highest BCUT2D eigenvalue weighted by Crippen LogP contribution is 2.26. The standard InChI is InChI=1S/C18H22N2O2/c1-12(21)14-8-4-5-9-15(14)19-18(22)17-11-13-7-3-6-10-16(13)20(17)2/h3,6-7,10-11,14-15H,4-5,8-9H2,1-2H3,(H,19,22)/t14-,15-/m0/s1. The van der Waals surface area contributed by atoms with Gasteiger partial charge in [-0.15, -0.1) is 0 Å². The van der Waals surface area contributed by atoms with Crippen LogP contribution < -0.4 is 5.32 Å². The zero-order valence-electron chi connectivity index (χ0n) is 13.1. The molecule has 1 aromatic carbocycles. The van der Waals surface area contributed by atoms with Crippen LogP contribution in [0.1, 0.15) is 43.1 Å². The van der Waals surface area contributed by atoms with Gasteiger partial charge in [-0.2, -0.15) is 0 Å². The first-order chi connectivity index (χ1) is 10.6. The van der Waals surface area contributed by atoms with Crippen LogP contribution in [-0.4, -0.2) is 22.3 Å². The number of Topliss-reactive ketones (excluding diaryl/α,β-unsaturated/α-hetero) is 1. The molecule has 4 nitrogen and oxygen atoms in total. The molecular weight excluding hydrogens is 276 g/mol. The first kappa shape index (κ1) is 14.8. The number of ketones is 1. The highest BCUT2D eigenvalue weighted by Gasteiger charge is 2.30. The zero-order chi connectivity index (χ0) is 15.7. The van der Waals surface area contributed by atoms with Gasteiger partial charge >= 0.3 is 0 Å². The Bertz CT molecular complexity index is 717. The molecule has 0 radical (unpaired) electrons. The molecule has 22 heavy (non-hydrogen) atoms. The number of benzene rings is 1. The number of aromatic nitrogens is 1. The molecule has 1 aliphatic rings. The summed E-state index contributed by atoms with van der Waals surface area (Å²) in [5.41, 5.74) is 1.69. The molecule has 1 aromatic heterocycles. The molecule has 116 valence electrons.